The van der Waals surface area contributed by atoms with Gasteiger partial charge in [0.15, 0.2) is 0 Å². The molecule has 5 nitrogen and oxygen atoms in total. The fraction of sp³-hybridized carbons (Fsp3) is 0.467. The number of nitrogens with two attached hydrogens (primary N) is 1. The van der Waals surface area contributed by atoms with E-state index < -0.39 is 18.0 Å². The Bertz CT molecular complexity index is 608. The summed E-state index contributed by atoms with van der Waals surface area (Å²) in [7, 11) is 0. The first-order chi connectivity index (χ1) is 10.7. The first-order valence-electron chi connectivity index (χ1n) is 7.25. The van der Waals surface area contributed by atoms with Crippen LogP contribution >= 0.6 is 0 Å². The maximum Gasteiger partial charge on any atom is 0.471 e. The van der Waals surface area contributed by atoms with Crippen molar-refractivity contribution >= 4 is 23.2 Å². The molecule has 1 heterocycles. The molecule has 0 saturated carbocycles. The Morgan fingerprint density at radius 1 is 1.26 bits per heavy atom. The van der Waals surface area contributed by atoms with Crippen LogP contribution in [-0.4, -0.2) is 31.1 Å². The zero-order chi connectivity index (χ0) is 17.2. The standard InChI is InChI=1S/C15H18F3N3O2/c1-9-4-6-21(7-5-9)12-3-2-10(8-11(12)13(19)22)20-14(23)15(16,17)18/h2-3,8-9H,4-7H2,1H3,(H2,19,22)(H,20,23). The van der Waals surface area contributed by atoms with E-state index in [-0.39, 0.29) is 11.3 Å². The molecule has 126 valence electrons. The number of halogens is 3. The highest BCUT2D eigenvalue weighted by Gasteiger charge is 2.38. The molecule has 1 aliphatic rings. The summed E-state index contributed by atoms with van der Waals surface area (Å²) >= 11 is 0. The molecule has 3 N–H and O–H groups in total. The third kappa shape index (κ3) is 4.14. The largest absolute Gasteiger partial charge is 0.471 e. The topological polar surface area (TPSA) is 75.4 Å². The van der Waals surface area contributed by atoms with Crippen LogP contribution in [0.3, 0.4) is 0 Å². The van der Waals surface area contributed by atoms with E-state index in [1.165, 1.54) is 18.2 Å². The molecule has 0 atom stereocenters. The van der Waals surface area contributed by atoms with Gasteiger partial charge >= 0.3 is 12.1 Å². The molecular weight excluding hydrogens is 311 g/mol. The van der Waals surface area contributed by atoms with Crippen LogP contribution in [0.25, 0.3) is 0 Å². The first kappa shape index (κ1) is 17.1. The van der Waals surface area contributed by atoms with Gasteiger partial charge in [0, 0.05) is 24.5 Å². The van der Waals surface area contributed by atoms with Crippen LogP contribution in [-0.2, 0) is 4.79 Å². The van der Waals surface area contributed by atoms with Crippen LogP contribution in [0.1, 0.15) is 30.1 Å². The maximum absolute atomic E-state index is 12.3. The van der Waals surface area contributed by atoms with Gasteiger partial charge < -0.3 is 16.0 Å². The number of rotatable bonds is 3. The van der Waals surface area contributed by atoms with E-state index in [4.69, 9.17) is 5.73 Å². The molecule has 0 spiro atoms. The molecule has 0 aliphatic carbocycles. The van der Waals surface area contributed by atoms with Gasteiger partial charge in [-0.2, -0.15) is 13.2 Å². The highest BCUT2D eigenvalue weighted by atomic mass is 19.4. The van der Waals surface area contributed by atoms with Crippen LogP contribution < -0.4 is 16.0 Å². The molecule has 0 unspecified atom stereocenters. The van der Waals surface area contributed by atoms with Crippen molar-refractivity contribution in [3.05, 3.63) is 23.8 Å². The predicted molar refractivity (Wildman–Crippen MR) is 80.3 cm³/mol. The summed E-state index contributed by atoms with van der Waals surface area (Å²) < 4.78 is 36.9. The second kappa shape index (κ2) is 6.47. The van der Waals surface area contributed by atoms with Gasteiger partial charge in [-0.3, -0.25) is 9.59 Å². The SMILES string of the molecule is CC1CCN(c2ccc(NC(=O)C(F)(F)F)cc2C(N)=O)CC1. The lowest BCUT2D eigenvalue weighted by atomic mass is 9.98. The number of hydrogen-bond donors (Lipinski definition) is 2. The summed E-state index contributed by atoms with van der Waals surface area (Å²) in [4.78, 5) is 24.6. The summed E-state index contributed by atoms with van der Waals surface area (Å²) in [6, 6.07) is 4.03. The quantitative estimate of drug-likeness (QED) is 0.895. The number of benzene rings is 1. The fourth-order valence-corrected chi connectivity index (χ4v) is 2.54. The Labute approximate surface area is 131 Å². The second-order valence-corrected chi connectivity index (χ2v) is 5.72. The van der Waals surface area contributed by atoms with E-state index in [2.05, 4.69) is 6.92 Å². The summed E-state index contributed by atoms with van der Waals surface area (Å²) in [5.41, 5.74) is 5.89. The molecule has 2 amide bonds. The molecule has 0 aromatic heterocycles. The Hall–Kier alpha value is -2.25. The monoisotopic (exact) mass is 329 g/mol. The number of anilines is 2. The molecule has 0 radical (unpaired) electrons. The van der Waals surface area contributed by atoms with Gasteiger partial charge in [0.2, 0.25) is 0 Å². The van der Waals surface area contributed by atoms with Crippen molar-refractivity contribution in [3.63, 3.8) is 0 Å². The zero-order valence-electron chi connectivity index (χ0n) is 12.6. The molecule has 1 fully saturated rings. The summed E-state index contributed by atoms with van der Waals surface area (Å²) in [5, 5.41) is 1.72. The van der Waals surface area contributed by atoms with E-state index in [1.807, 2.05) is 4.90 Å². The second-order valence-electron chi connectivity index (χ2n) is 5.72. The zero-order valence-corrected chi connectivity index (χ0v) is 12.6. The van der Waals surface area contributed by atoms with E-state index in [0.29, 0.717) is 11.6 Å². The first-order valence-corrected chi connectivity index (χ1v) is 7.25. The lowest BCUT2D eigenvalue weighted by Crippen LogP contribution is -2.34. The van der Waals surface area contributed by atoms with Crippen LogP contribution in [0.15, 0.2) is 18.2 Å². The van der Waals surface area contributed by atoms with Gasteiger partial charge in [0.1, 0.15) is 0 Å². The van der Waals surface area contributed by atoms with Gasteiger partial charge in [-0.05, 0) is 37.0 Å². The number of nitrogens with one attached hydrogen (secondary N) is 1. The average molecular weight is 329 g/mol. The number of amides is 2. The van der Waals surface area contributed by atoms with Gasteiger partial charge in [-0.25, -0.2) is 0 Å². The highest BCUT2D eigenvalue weighted by molar-refractivity contribution is 6.01. The number of nitrogens with zero attached hydrogens (tertiary/aromatic N) is 1. The third-order valence-electron chi connectivity index (χ3n) is 3.90. The molecule has 23 heavy (non-hydrogen) atoms. The molecule has 1 saturated heterocycles. The molecule has 1 aliphatic heterocycles. The average Bonchev–Trinajstić information content (AvgIpc) is 2.47. The minimum absolute atomic E-state index is 0.0968. The number of carbonyl (C=O) groups is 2. The van der Waals surface area contributed by atoms with E-state index in [0.717, 1.165) is 25.9 Å². The molecule has 8 heteroatoms. The van der Waals surface area contributed by atoms with Crippen molar-refractivity contribution in [2.45, 2.75) is 25.9 Å². The molecule has 2 rings (SSSR count). The van der Waals surface area contributed by atoms with Crippen LogP contribution in [0.4, 0.5) is 24.5 Å². The van der Waals surface area contributed by atoms with Crippen molar-refractivity contribution < 1.29 is 22.8 Å². The van der Waals surface area contributed by atoms with E-state index >= 15 is 0 Å². The summed E-state index contributed by atoms with van der Waals surface area (Å²) in [6.45, 7) is 3.63. The molecule has 1 aromatic carbocycles. The normalized spacial score (nSPS) is 16.3. The van der Waals surface area contributed by atoms with Gasteiger partial charge in [-0.1, -0.05) is 6.92 Å². The number of alkyl halides is 3. The number of primary amides is 1. The number of piperidine rings is 1. The van der Waals surface area contributed by atoms with Crippen molar-refractivity contribution in [1.29, 1.82) is 0 Å². The minimum Gasteiger partial charge on any atom is -0.371 e. The lowest BCUT2D eigenvalue weighted by molar-refractivity contribution is -0.167. The third-order valence-corrected chi connectivity index (χ3v) is 3.90. The Kier molecular flexibility index (Phi) is 4.82. The predicted octanol–water partition coefficient (Wildman–Crippen LogP) is 2.52. The van der Waals surface area contributed by atoms with E-state index in [9.17, 15) is 22.8 Å². The minimum atomic E-state index is -4.99. The Morgan fingerprint density at radius 2 is 1.87 bits per heavy atom. The summed E-state index contributed by atoms with van der Waals surface area (Å²) in [6.07, 6.45) is -3.07. The lowest BCUT2D eigenvalue weighted by Gasteiger charge is -2.33. The Morgan fingerprint density at radius 3 is 2.39 bits per heavy atom. The fourth-order valence-electron chi connectivity index (χ4n) is 2.54. The maximum atomic E-state index is 12.3. The molecular formula is C15H18F3N3O2. The van der Waals surface area contributed by atoms with Crippen molar-refractivity contribution in [1.82, 2.24) is 0 Å². The molecule has 0 bridgehead atoms. The van der Waals surface area contributed by atoms with Crippen LogP contribution in [0, 0.1) is 5.92 Å². The van der Waals surface area contributed by atoms with Gasteiger partial charge in [-0.15, -0.1) is 0 Å². The van der Waals surface area contributed by atoms with Gasteiger partial charge in [0.05, 0.1) is 5.56 Å². The van der Waals surface area contributed by atoms with Gasteiger partial charge in [0.25, 0.3) is 5.91 Å². The number of carbonyl (C=O) groups excluding carboxylic acids is 2. The smallest absolute Gasteiger partial charge is 0.371 e. The van der Waals surface area contributed by atoms with Crippen LogP contribution in [0.2, 0.25) is 0 Å². The van der Waals surface area contributed by atoms with Crippen molar-refractivity contribution in [2.75, 3.05) is 23.3 Å². The van der Waals surface area contributed by atoms with Crippen molar-refractivity contribution in [3.8, 4) is 0 Å². The van der Waals surface area contributed by atoms with Crippen LogP contribution in [0.5, 0.6) is 0 Å². The van der Waals surface area contributed by atoms with Crippen molar-refractivity contribution in [2.24, 2.45) is 11.7 Å². The van der Waals surface area contributed by atoms with E-state index in [1.54, 1.807) is 5.32 Å². The Balaban J connectivity index is 2.25. The summed E-state index contributed by atoms with van der Waals surface area (Å²) in [5.74, 6) is -2.25. The number of hydrogen-bond acceptors (Lipinski definition) is 3. The molecule has 1 aromatic rings. The highest BCUT2D eigenvalue weighted by Crippen LogP contribution is 2.29.